The second-order valence-electron chi connectivity index (χ2n) is 5.71. The zero-order valence-electron chi connectivity index (χ0n) is 13.4. The second kappa shape index (κ2) is 6.20. The number of benzene rings is 1. The van der Waals surface area contributed by atoms with Crippen LogP contribution in [0.4, 0.5) is 5.82 Å². The highest BCUT2D eigenvalue weighted by atomic mass is 16.1. The van der Waals surface area contributed by atoms with Gasteiger partial charge < -0.3 is 10.3 Å². The highest BCUT2D eigenvalue weighted by molar-refractivity contribution is 6.07. The Labute approximate surface area is 135 Å². The van der Waals surface area contributed by atoms with Gasteiger partial charge in [-0.1, -0.05) is 43.2 Å². The van der Waals surface area contributed by atoms with Crippen LogP contribution in [0.1, 0.15) is 35.8 Å². The zero-order chi connectivity index (χ0) is 16.4. The summed E-state index contributed by atoms with van der Waals surface area (Å²) >= 11 is 0. The number of aromatic nitrogens is 3. The van der Waals surface area contributed by atoms with Gasteiger partial charge in [-0.3, -0.25) is 4.79 Å². The number of nitrogens with two attached hydrogens (primary N) is 1. The van der Waals surface area contributed by atoms with E-state index < -0.39 is 0 Å². The molecule has 2 aromatic heterocycles. The number of carbonyl (C=O) groups excluding carboxylic acids is 1. The van der Waals surface area contributed by atoms with Gasteiger partial charge in [0.05, 0.1) is 11.1 Å². The molecule has 0 saturated heterocycles. The molecular formula is C18H20N4O. The molecule has 0 amide bonds. The Hall–Kier alpha value is -2.69. The molecule has 0 atom stereocenters. The van der Waals surface area contributed by atoms with Gasteiger partial charge in [-0.15, -0.1) is 0 Å². The molecule has 5 heteroatoms. The number of nitrogens with zero attached hydrogens (tertiary/aromatic N) is 3. The van der Waals surface area contributed by atoms with Gasteiger partial charge in [-0.05, 0) is 18.9 Å². The number of aldehydes is 1. The van der Waals surface area contributed by atoms with Crippen LogP contribution in [-0.4, -0.2) is 20.8 Å². The molecule has 0 spiro atoms. The molecule has 0 aliphatic heterocycles. The van der Waals surface area contributed by atoms with Crippen molar-refractivity contribution in [3.8, 4) is 11.1 Å². The Balaban J connectivity index is 2.34. The fourth-order valence-corrected chi connectivity index (χ4v) is 2.89. The van der Waals surface area contributed by atoms with Gasteiger partial charge in [0.1, 0.15) is 17.8 Å². The second-order valence-corrected chi connectivity index (χ2v) is 5.71. The normalized spacial score (nSPS) is 11.0. The fraction of sp³-hybridized carbons (Fsp3) is 0.278. The molecule has 2 heterocycles. The number of hydrogen-bond acceptors (Lipinski definition) is 4. The largest absolute Gasteiger partial charge is 0.383 e. The third kappa shape index (κ3) is 2.59. The monoisotopic (exact) mass is 308 g/mol. The fourth-order valence-electron chi connectivity index (χ4n) is 2.89. The van der Waals surface area contributed by atoms with Crippen molar-refractivity contribution in [2.75, 3.05) is 5.73 Å². The van der Waals surface area contributed by atoms with Crippen LogP contribution in [0.25, 0.3) is 22.2 Å². The van der Waals surface area contributed by atoms with E-state index in [1.54, 1.807) is 0 Å². The minimum absolute atomic E-state index is 0.406. The number of anilines is 1. The van der Waals surface area contributed by atoms with Crippen LogP contribution in [0.2, 0.25) is 0 Å². The molecule has 0 aliphatic carbocycles. The average Bonchev–Trinajstić information content (AvgIpc) is 2.88. The Bertz CT molecular complexity index is 850. The van der Waals surface area contributed by atoms with E-state index in [9.17, 15) is 4.79 Å². The van der Waals surface area contributed by atoms with Gasteiger partial charge in [0.2, 0.25) is 0 Å². The molecule has 0 saturated carbocycles. The molecule has 0 unspecified atom stereocenters. The maximum Gasteiger partial charge on any atom is 0.167 e. The third-order valence-corrected chi connectivity index (χ3v) is 4.10. The van der Waals surface area contributed by atoms with Crippen molar-refractivity contribution >= 4 is 23.1 Å². The molecule has 0 aliphatic rings. The van der Waals surface area contributed by atoms with E-state index in [1.807, 2.05) is 35.8 Å². The molecule has 5 nitrogen and oxygen atoms in total. The molecule has 23 heavy (non-hydrogen) atoms. The number of fused-ring (bicyclic) bond motifs is 1. The number of unbranched alkanes of at least 4 members (excludes halogenated alkanes) is 1. The van der Waals surface area contributed by atoms with E-state index in [2.05, 4.69) is 16.9 Å². The molecule has 0 bridgehead atoms. The molecule has 118 valence electrons. The molecular weight excluding hydrogens is 288 g/mol. The maximum absolute atomic E-state index is 11.8. The van der Waals surface area contributed by atoms with Crippen LogP contribution < -0.4 is 5.73 Å². The van der Waals surface area contributed by atoms with Gasteiger partial charge in [0, 0.05) is 12.1 Å². The predicted octanol–water partition coefficient (Wildman–Crippen LogP) is 3.60. The van der Waals surface area contributed by atoms with E-state index >= 15 is 0 Å². The van der Waals surface area contributed by atoms with E-state index in [1.165, 1.54) is 11.9 Å². The number of carbonyl (C=O) groups is 1. The van der Waals surface area contributed by atoms with Crippen molar-refractivity contribution < 1.29 is 4.79 Å². The Morgan fingerprint density at radius 2 is 1.96 bits per heavy atom. The number of hydrogen-bond donors (Lipinski definition) is 1. The van der Waals surface area contributed by atoms with Crippen molar-refractivity contribution in [1.82, 2.24) is 14.5 Å². The molecule has 3 rings (SSSR count). The lowest BCUT2D eigenvalue weighted by Gasteiger charge is -2.06. The van der Waals surface area contributed by atoms with Gasteiger partial charge in [0.25, 0.3) is 0 Å². The minimum atomic E-state index is 0.406. The quantitative estimate of drug-likeness (QED) is 0.731. The standard InChI is InChI=1S/C18H20N4O/c1-3-4-9-22-14(10-23)15(13-7-5-12(2)6-8-13)16-17(19)20-11-21-18(16)22/h5-8,10-11H,3-4,9H2,1-2H3,(H2,19,20,21). The maximum atomic E-state index is 11.8. The third-order valence-electron chi connectivity index (χ3n) is 4.10. The van der Waals surface area contributed by atoms with Crippen LogP contribution in [0, 0.1) is 6.92 Å². The summed E-state index contributed by atoms with van der Waals surface area (Å²) in [4.78, 5) is 20.3. The highest BCUT2D eigenvalue weighted by Gasteiger charge is 2.21. The van der Waals surface area contributed by atoms with Crippen LogP contribution >= 0.6 is 0 Å². The van der Waals surface area contributed by atoms with E-state index in [0.717, 1.165) is 47.8 Å². The molecule has 0 radical (unpaired) electrons. The summed E-state index contributed by atoms with van der Waals surface area (Å²) in [5.74, 6) is 0.406. The lowest BCUT2D eigenvalue weighted by atomic mass is 10.0. The summed E-state index contributed by atoms with van der Waals surface area (Å²) in [5, 5.41) is 0.759. The van der Waals surface area contributed by atoms with Gasteiger partial charge in [-0.2, -0.15) is 0 Å². The summed E-state index contributed by atoms with van der Waals surface area (Å²) < 4.78 is 1.96. The molecule has 3 aromatic rings. The first kappa shape index (κ1) is 15.2. The van der Waals surface area contributed by atoms with Crippen molar-refractivity contribution in [3.63, 3.8) is 0 Å². The number of nitrogen functional groups attached to an aromatic ring is 1. The Morgan fingerprint density at radius 3 is 2.61 bits per heavy atom. The average molecular weight is 308 g/mol. The molecule has 0 fully saturated rings. The lowest BCUT2D eigenvalue weighted by Crippen LogP contribution is -2.04. The van der Waals surface area contributed by atoms with Gasteiger partial charge in [0.15, 0.2) is 6.29 Å². The summed E-state index contributed by atoms with van der Waals surface area (Å²) in [6.45, 7) is 4.90. The first-order valence-electron chi connectivity index (χ1n) is 7.82. The van der Waals surface area contributed by atoms with Crippen molar-refractivity contribution in [3.05, 3.63) is 41.9 Å². The smallest absolute Gasteiger partial charge is 0.167 e. The van der Waals surface area contributed by atoms with Gasteiger partial charge >= 0.3 is 0 Å². The first-order valence-corrected chi connectivity index (χ1v) is 7.82. The Kier molecular flexibility index (Phi) is 4.10. The minimum Gasteiger partial charge on any atom is -0.383 e. The van der Waals surface area contributed by atoms with E-state index in [-0.39, 0.29) is 0 Å². The number of rotatable bonds is 5. The number of aryl methyl sites for hydroxylation is 2. The zero-order valence-corrected chi connectivity index (χ0v) is 13.4. The predicted molar refractivity (Wildman–Crippen MR) is 92.4 cm³/mol. The first-order chi connectivity index (χ1) is 11.2. The SMILES string of the molecule is CCCCn1c(C=O)c(-c2ccc(C)cc2)c2c(N)ncnc21. The van der Waals surface area contributed by atoms with Crippen LogP contribution in [0.3, 0.4) is 0 Å². The topological polar surface area (TPSA) is 73.8 Å². The van der Waals surface area contributed by atoms with Gasteiger partial charge in [-0.25, -0.2) is 9.97 Å². The van der Waals surface area contributed by atoms with Crippen LogP contribution in [0.15, 0.2) is 30.6 Å². The van der Waals surface area contributed by atoms with Crippen LogP contribution in [-0.2, 0) is 6.54 Å². The van der Waals surface area contributed by atoms with Crippen LogP contribution in [0.5, 0.6) is 0 Å². The molecule has 2 N–H and O–H groups in total. The van der Waals surface area contributed by atoms with Crippen molar-refractivity contribution in [2.24, 2.45) is 0 Å². The molecule has 1 aromatic carbocycles. The van der Waals surface area contributed by atoms with E-state index in [0.29, 0.717) is 11.5 Å². The summed E-state index contributed by atoms with van der Waals surface area (Å²) in [7, 11) is 0. The van der Waals surface area contributed by atoms with Crippen molar-refractivity contribution in [1.29, 1.82) is 0 Å². The van der Waals surface area contributed by atoms with E-state index in [4.69, 9.17) is 5.73 Å². The summed E-state index contributed by atoms with van der Waals surface area (Å²) in [6, 6.07) is 8.07. The Morgan fingerprint density at radius 1 is 1.22 bits per heavy atom. The summed E-state index contributed by atoms with van der Waals surface area (Å²) in [5.41, 5.74) is 10.4. The summed E-state index contributed by atoms with van der Waals surface area (Å²) in [6.07, 6.45) is 4.36. The van der Waals surface area contributed by atoms with Crippen molar-refractivity contribution in [2.45, 2.75) is 33.2 Å². The highest BCUT2D eigenvalue weighted by Crippen LogP contribution is 2.36. The lowest BCUT2D eigenvalue weighted by molar-refractivity contribution is 0.111.